The molecule has 1 amide bonds. The SMILES string of the molecule is Cc1ccc([C@@H](C)NC(=O)C2CCN(c3cnccn3)CC2)cc1F. The van der Waals surface area contributed by atoms with Crippen molar-refractivity contribution in [3.63, 3.8) is 0 Å². The number of halogens is 1. The molecular weight excluding hydrogens is 319 g/mol. The first-order chi connectivity index (χ1) is 12.0. The van der Waals surface area contributed by atoms with Crippen molar-refractivity contribution in [3.05, 3.63) is 53.7 Å². The number of piperidine rings is 1. The number of aryl methyl sites for hydroxylation is 1. The zero-order valence-electron chi connectivity index (χ0n) is 14.6. The first-order valence-corrected chi connectivity index (χ1v) is 8.62. The summed E-state index contributed by atoms with van der Waals surface area (Å²) in [5.74, 6) is 0.624. The van der Waals surface area contributed by atoms with Crippen molar-refractivity contribution in [1.29, 1.82) is 0 Å². The van der Waals surface area contributed by atoms with Crippen molar-refractivity contribution >= 4 is 11.7 Å². The van der Waals surface area contributed by atoms with Gasteiger partial charge in [-0.25, -0.2) is 9.37 Å². The Morgan fingerprint density at radius 3 is 2.72 bits per heavy atom. The van der Waals surface area contributed by atoms with Crippen LogP contribution in [0.15, 0.2) is 36.8 Å². The number of amides is 1. The quantitative estimate of drug-likeness (QED) is 0.928. The number of benzene rings is 1. The van der Waals surface area contributed by atoms with E-state index in [0.29, 0.717) is 5.56 Å². The van der Waals surface area contributed by atoms with Crippen LogP contribution < -0.4 is 10.2 Å². The van der Waals surface area contributed by atoms with Crippen molar-refractivity contribution in [1.82, 2.24) is 15.3 Å². The molecule has 1 aliphatic heterocycles. The van der Waals surface area contributed by atoms with Gasteiger partial charge >= 0.3 is 0 Å². The third-order valence-corrected chi connectivity index (χ3v) is 4.79. The number of nitrogens with zero attached hydrogens (tertiary/aromatic N) is 3. The summed E-state index contributed by atoms with van der Waals surface area (Å²) in [6.45, 7) is 5.18. The zero-order chi connectivity index (χ0) is 17.8. The van der Waals surface area contributed by atoms with Crippen molar-refractivity contribution in [3.8, 4) is 0 Å². The highest BCUT2D eigenvalue weighted by Crippen LogP contribution is 2.23. The van der Waals surface area contributed by atoms with Crippen molar-refractivity contribution in [2.45, 2.75) is 32.7 Å². The Kier molecular flexibility index (Phi) is 5.26. The maximum absolute atomic E-state index is 13.7. The molecule has 1 saturated heterocycles. The Balaban J connectivity index is 1.55. The lowest BCUT2D eigenvalue weighted by Crippen LogP contribution is -2.41. The number of nitrogens with one attached hydrogen (secondary N) is 1. The Hall–Kier alpha value is -2.50. The van der Waals surface area contributed by atoms with E-state index in [0.717, 1.165) is 37.3 Å². The first kappa shape index (κ1) is 17.3. The van der Waals surface area contributed by atoms with E-state index in [2.05, 4.69) is 20.2 Å². The summed E-state index contributed by atoms with van der Waals surface area (Å²) < 4.78 is 13.7. The molecule has 0 aliphatic carbocycles. The molecule has 3 rings (SSSR count). The van der Waals surface area contributed by atoms with Gasteiger partial charge in [-0.2, -0.15) is 0 Å². The summed E-state index contributed by atoms with van der Waals surface area (Å²) in [6.07, 6.45) is 6.62. The number of rotatable bonds is 4. The van der Waals surface area contributed by atoms with Gasteiger partial charge in [0.15, 0.2) is 0 Å². The number of carbonyl (C=O) groups excluding carboxylic acids is 1. The number of anilines is 1. The standard InChI is InChI=1S/C19H23FN4O/c1-13-3-4-16(11-17(13)20)14(2)23-19(25)15-5-9-24(10-6-15)18-12-21-7-8-22-18/h3-4,7-8,11-12,14-15H,5-6,9-10H2,1-2H3,(H,23,25)/t14-/m1/s1. The normalized spacial score (nSPS) is 16.5. The Labute approximate surface area is 147 Å². The van der Waals surface area contributed by atoms with Crippen LogP contribution in [0.4, 0.5) is 10.2 Å². The van der Waals surface area contributed by atoms with Crippen LogP contribution >= 0.6 is 0 Å². The Morgan fingerprint density at radius 2 is 2.08 bits per heavy atom. The average molecular weight is 342 g/mol. The molecule has 5 nitrogen and oxygen atoms in total. The van der Waals surface area contributed by atoms with E-state index in [4.69, 9.17) is 0 Å². The van der Waals surface area contributed by atoms with Gasteiger partial charge in [0, 0.05) is 31.4 Å². The summed E-state index contributed by atoms with van der Waals surface area (Å²) in [5, 5.41) is 3.02. The molecule has 0 saturated carbocycles. The van der Waals surface area contributed by atoms with Gasteiger partial charge in [0.1, 0.15) is 11.6 Å². The fourth-order valence-corrected chi connectivity index (χ4v) is 3.12. The van der Waals surface area contributed by atoms with E-state index in [9.17, 15) is 9.18 Å². The van der Waals surface area contributed by atoms with Crippen molar-refractivity contribution in [2.75, 3.05) is 18.0 Å². The highest BCUT2D eigenvalue weighted by molar-refractivity contribution is 5.79. The first-order valence-electron chi connectivity index (χ1n) is 8.62. The van der Waals surface area contributed by atoms with Crippen LogP contribution in [0, 0.1) is 18.7 Å². The molecule has 6 heteroatoms. The lowest BCUT2D eigenvalue weighted by molar-refractivity contribution is -0.126. The van der Waals surface area contributed by atoms with Gasteiger partial charge in [0.05, 0.1) is 12.2 Å². The minimum atomic E-state index is -0.240. The maximum Gasteiger partial charge on any atom is 0.223 e. The van der Waals surface area contributed by atoms with Crippen LogP contribution in [0.3, 0.4) is 0 Å². The lowest BCUT2D eigenvalue weighted by atomic mass is 9.95. The molecule has 1 aromatic heterocycles. The third kappa shape index (κ3) is 4.13. The number of hydrogen-bond donors (Lipinski definition) is 1. The molecule has 0 bridgehead atoms. The monoisotopic (exact) mass is 342 g/mol. The summed E-state index contributed by atoms with van der Waals surface area (Å²) in [6, 6.07) is 4.89. The molecule has 0 unspecified atom stereocenters. The van der Waals surface area contributed by atoms with Crippen molar-refractivity contribution in [2.24, 2.45) is 5.92 Å². The van der Waals surface area contributed by atoms with Gasteiger partial charge < -0.3 is 10.2 Å². The summed E-state index contributed by atoms with van der Waals surface area (Å²) in [5.41, 5.74) is 1.40. The maximum atomic E-state index is 13.7. The number of carbonyl (C=O) groups is 1. The molecule has 2 aromatic rings. The van der Waals surface area contributed by atoms with Crippen LogP contribution in [-0.2, 0) is 4.79 Å². The molecule has 0 radical (unpaired) electrons. The minimum absolute atomic E-state index is 0.0225. The zero-order valence-corrected chi connectivity index (χ0v) is 14.6. The smallest absolute Gasteiger partial charge is 0.223 e. The fourth-order valence-electron chi connectivity index (χ4n) is 3.12. The molecule has 1 aliphatic rings. The van der Waals surface area contributed by atoms with Gasteiger partial charge in [-0.3, -0.25) is 9.78 Å². The van der Waals surface area contributed by atoms with E-state index in [1.807, 2.05) is 13.0 Å². The largest absolute Gasteiger partial charge is 0.355 e. The van der Waals surface area contributed by atoms with E-state index in [1.165, 1.54) is 6.07 Å². The second-order valence-corrected chi connectivity index (χ2v) is 6.56. The van der Waals surface area contributed by atoms with Crippen molar-refractivity contribution < 1.29 is 9.18 Å². The summed E-state index contributed by atoms with van der Waals surface area (Å²) >= 11 is 0. The lowest BCUT2D eigenvalue weighted by Gasteiger charge is -2.32. The molecule has 0 spiro atoms. The molecule has 1 atom stereocenters. The summed E-state index contributed by atoms with van der Waals surface area (Å²) in [7, 11) is 0. The topological polar surface area (TPSA) is 58.1 Å². The summed E-state index contributed by atoms with van der Waals surface area (Å²) in [4.78, 5) is 23.1. The van der Waals surface area contributed by atoms with Gasteiger partial charge in [-0.05, 0) is 43.9 Å². The molecule has 132 valence electrons. The van der Waals surface area contributed by atoms with E-state index >= 15 is 0 Å². The second kappa shape index (κ2) is 7.59. The minimum Gasteiger partial charge on any atom is -0.355 e. The van der Waals surface area contributed by atoms with E-state index in [1.54, 1.807) is 31.6 Å². The van der Waals surface area contributed by atoms with Gasteiger partial charge in [-0.1, -0.05) is 12.1 Å². The molecule has 2 heterocycles. The highest BCUT2D eigenvalue weighted by Gasteiger charge is 2.26. The van der Waals surface area contributed by atoms with Crippen LogP contribution in [0.1, 0.15) is 36.9 Å². The fraction of sp³-hybridized carbons (Fsp3) is 0.421. The predicted molar refractivity (Wildman–Crippen MR) is 94.7 cm³/mol. The van der Waals surface area contributed by atoms with Crippen LogP contribution in [-0.4, -0.2) is 29.0 Å². The van der Waals surface area contributed by atoms with E-state index in [-0.39, 0.29) is 23.7 Å². The average Bonchev–Trinajstić information content (AvgIpc) is 2.64. The van der Waals surface area contributed by atoms with Gasteiger partial charge in [0.2, 0.25) is 5.91 Å². The van der Waals surface area contributed by atoms with E-state index < -0.39 is 0 Å². The van der Waals surface area contributed by atoms with Gasteiger partial charge in [0.25, 0.3) is 0 Å². The van der Waals surface area contributed by atoms with Gasteiger partial charge in [-0.15, -0.1) is 0 Å². The highest BCUT2D eigenvalue weighted by atomic mass is 19.1. The van der Waals surface area contributed by atoms with Crippen LogP contribution in [0.5, 0.6) is 0 Å². The number of aromatic nitrogens is 2. The molecule has 1 fully saturated rings. The van der Waals surface area contributed by atoms with Crippen LogP contribution in [0.2, 0.25) is 0 Å². The third-order valence-electron chi connectivity index (χ3n) is 4.79. The molecule has 1 N–H and O–H groups in total. The number of hydrogen-bond acceptors (Lipinski definition) is 4. The molecule has 1 aromatic carbocycles. The molecular formula is C19H23FN4O. The molecule has 25 heavy (non-hydrogen) atoms. The predicted octanol–water partition coefficient (Wildman–Crippen LogP) is 3.02. The Morgan fingerprint density at radius 1 is 1.32 bits per heavy atom. The second-order valence-electron chi connectivity index (χ2n) is 6.56. The Bertz CT molecular complexity index is 729. The van der Waals surface area contributed by atoms with Crippen LogP contribution in [0.25, 0.3) is 0 Å².